The largest absolute Gasteiger partial charge is 0.319 e. The molecule has 0 aliphatic heterocycles. The Bertz CT molecular complexity index is 913. The maximum atomic E-state index is 13.0. The molecule has 0 atom stereocenters. The molecule has 0 saturated carbocycles. The lowest BCUT2D eigenvalue weighted by atomic mass is 10.1. The van der Waals surface area contributed by atoms with Gasteiger partial charge in [-0.1, -0.05) is 30.3 Å². The molecule has 3 aromatic rings. The number of benzene rings is 2. The summed E-state index contributed by atoms with van der Waals surface area (Å²) in [7, 11) is 0. The van der Waals surface area contributed by atoms with Crippen LogP contribution in [0, 0.1) is 26.6 Å². The van der Waals surface area contributed by atoms with E-state index >= 15 is 0 Å². The average Bonchev–Trinajstić information content (AvgIpc) is 2.85. The van der Waals surface area contributed by atoms with Crippen molar-refractivity contribution in [3.05, 3.63) is 82.4 Å². The van der Waals surface area contributed by atoms with E-state index in [-0.39, 0.29) is 11.7 Å². The Morgan fingerprint density at radius 1 is 1.08 bits per heavy atom. The first kappa shape index (κ1) is 16.9. The van der Waals surface area contributed by atoms with Crippen molar-refractivity contribution in [2.45, 2.75) is 27.3 Å². The van der Waals surface area contributed by atoms with Crippen molar-refractivity contribution >= 4 is 11.6 Å². The second-order valence-electron chi connectivity index (χ2n) is 6.10. The summed E-state index contributed by atoms with van der Waals surface area (Å²) in [4.78, 5) is 12.6. The van der Waals surface area contributed by atoms with E-state index in [1.165, 1.54) is 12.1 Å². The zero-order chi connectivity index (χ0) is 18.0. The van der Waals surface area contributed by atoms with Crippen molar-refractivity contribution in [2.24, 2.45) is 0 Å². The van der Waals surface area contributed by atoms with Crippen LogP contribution in [0.5, 0.6) is 0 Å². The number of anilines is 1. The predicted molar refractivity (Wildman–Crippen MR) is 96.3 cm³/mol. The first-order valence-corrected chi connectivity index (χ1v) is 8.11. The first-order valence-electron chi connectivity index (χ1n) is 8.11. The Balaban J connectivity index is 1.83. The third kappa shape index (κ3) is 3.60. The highest BCUT2D eigenvalue weighted by molar-refractivity contribution is 6.05. The maximum Gasteiger partial charge on any atom is 0.256 e. The molecule has 0 saturated heterocycles. The maximum absolute atomic E-state index is 13.0. The minimum atomic E-state index is -0.261. The van der Waals surface area contributed by atoms with Gasteiger partial charge in [-0.15, -0.1) is 0 Å². The van der Waals surface area contributed by atoms with E-state index in [0.29, 0.717) is 12.1 Å². The van der Waals surface area contributed by atoms with E-state index in [2.05, 4.69) is 10.4 Å². The number of rotatable bonds is 4. The molecule has 25 heavy (non-hydrogen) atoms. The second-order valence-corrected chi connectivity index (χ2v) is 6.10. The van der Waals surface area contributed by atoms with Crippen LogP contribution in [0.1, 0.15) is 32.9 Å². The lowest BCUT2D eigenvalue weighted by Crippen LogP contribution is -2.14. The summed E-state index contributed by atoms with van der Waals surface area (Å²) in [6.45, 7) is 6.21. The van der Waals surface area contributed by atoms with Gasteiger partial charge < -0.3 is 5.32 Å². The van der Waals surface area contributed by atoms with E-state index < -0.39 is 0 Å². The van der Waals surface area contributed by atoms with Crippen molar-refractivity contribution in [3.8, 4) is 0 Å². The fraction of sp³-hybridized carbons (Fsp3) is 0.200. The number of nitrogens with zero attached hydrogens (tertiary/aromatic N) is 2. The first-order chi connectivity index (χ1) is 12.0. The summed E-state index contributed by atoms with van der Waals surface area (Å²) in [6, 6.07) is 13.8. The fourth-order valence-electron chi connectivity index (χ4n) is 2.80. The van der Waals surface area contributed by atoms with Crippen molar-refractivity contribution in [1.29, 1.82) is 0 Å². The highest BCUT2D eigenvalue weighted by Crippen LogP contribution is 2.22. The van der Waals surface area contributed by atoms with Crippen LogP contribution in [-0.4, -0.2) is 15.7 Å². The van der Waals surface area contributed by atoms with Crippen molar-refractivity contribution in [3.63, 3.8) is 0 Å². The Kier molecular flexibility index (Phi) is 4.65. The standard InChI is InChI=1S/C20H20FN3O/c1-13-6-4-5-7-18(13)20(25)22-19-14(2)23-24(15(19)3)12-16-8-10-17(21)11-9-16/h4-11H,12H2,1-3H3,(H,22,25). The van der Waals surface area contributed by atoms with Crippen LogP contribution < -0.4 is 5.32 Å². The summed E-state index contributed by atoms with van der Waals surface area (Å²) >= 11 is 0. The minimum absolute atomic E-state index is 0.148. The van der Waals surface area contributed by atoms with Crippen molar-refractivity contribution in [1.82, 2.24) is 9.78 Å². The van der Waals surface area contributed by atoms with Gasteiger partial charge in [0.2, 0.25) is 0 Å². The number of carbonyl (C=O) groups excluding carboxylic acids is 1. The number of aryl methyl sites for hydroxylation is 2. The van der Waals surface area contributed by atoms with Crippen LogP contribution in [0.2, 0.25) is 0 Å². The van der Waals surface area contributed by atoms with E-state index in [9.17, 15) is 9.18 Å². The highest BCUT2D eigenvalue weighted by atomic mass is 19.1. The van der Waals surface area contributed by atoms with Crippen LogP contribution in [-0.2, 0) is 6.54 Å². The topological polar surface area (TPSA) is 46.9 Å². The molecule has 128 valence electrons. The smallest absolute Gasteiger partial charge is 0.256 e. The zero-order valence-corrected chi connectivity index (χ0v) is 14.5. The lowest BCUT2D eigenvalue weighted by Gasteiger charge is -2.09. The normalized spacial score (nSPS) is 10.7. The van der Waals surface area contributed by atoms with Gasteiger partial charge in [0, 0.05) is 5.56 Å². The van der Waals surface area contributed by atoms with Gasteiger partial charge in [-0.05, 0) is 50.1 Å². The van der Waals surface area contributed by atoms with E-state index in [0.717, 1.165) is 28.2 Å². The predicted octanol–water partition coefficient (Wildman–Crippen LogP) is 4.25. The average molecular weight is 337 g/mol. The zero-order valence-electron chi connectivity index (χ0n) is 14.5. The molecule has 1 amide bonds. The molecule has 0 fully saturated rings. The monoisotopic (exact) mass is 337 g/mol. The molecule has 2 aromatic carbocycles. The van der Waals surface area contributed by atoms with Gasteiger partial charge >= 0.3 is 0 Å². The number of aromatic nitrogens is 2. The Morgan fingerprint density at radius 2 is 1.76 bits per heavy atom. The highest BCUT2D eigenvalue weighted by Gasteiger charge is 2.16. The SMILES string of the molecule is Cc1ccccc1C(=O)Nc1c(C)nn(Cc2ccc(F)cc2)c1C. The van der Waals surface area contributed by atoms with Gasteiger partial charge in [0.05, 0.1) is 23.6 Å². The third-order valence-electron chi connectivity index (χ3n) is 4.26. The number of amides is 1. The van der Waals surface area contributed by atoms with Crippen LogP contribution in [0.4, 0.5) is 10.1 Å². The molecule has 3 rings (SSSR count). The number of hydrogen-bond acceptors (Lipinski definition) is 2. The Labute approximate surface area is 146 Å². The summed E-state index contributed by atoms with van der Waals surface area (Å²) < 4.78 is 14.9. The molecule has 0 bridgehead atoms. The number of nitrogens with one attached hydrogen (secondary N) is 1. The van der Waals surface area contributed by atoms with Crippen LogP contribution in [0.15, 0.2) is 48.5 Å². The molecule has 0 spiro atoms. The molecular formula is C20H20FN3O. The van der Waals surface area contributed by atoms with Crippen molar-refractivity contribution in [2.75, 3.05) is 5.32 Å². The second kappa shape index (κ2) is 6.89. The molecular weight excluding hydrogens is 317 g/mol. The molecule has 0 unspecified atom stereocenters. The molecule has 1 N–H and O–H groups in total. The molecule has 0 radical (unpaired) electrons. The van der Waals surface area contributed by atoms with E-state index in [1.807, 2.05) is 43.7 Å². The van der Waals surface area contributed by atoms with Crippen LogP contribution in [0.3, 0.4) is 0 Å². The Hall–Kier alpha value is -2.95. The van der Waals surface area contributed by atoms with Gasteiger partial charge in [0.25, 0.3) is 5.91 Å². The van der Waals surface area contributed by atoms with Gasteiger partial charge in [-0.3, -0.25) is 9.48 Å². The third-order valence-corrected chi connectivity index (χ3v) is 4.26. The summed E-state index contributed by atoms with van der Waals surface area (Å²) in [6.07, 6.45) is 0. The number of carbonyl (C=O) groups is 1. The van der Waals surface area contributed by atoms with Crippen LogP contribution >= 0.6 is 0 Å². The van der Waals surface area contributed by atoms with Crippen LogP contribution in [0.25, 0.3) is 0 Å². The quantitative estimate of drug-likeness (QED) is 0.774. The molecule has 1 aromatic heterocycles. The summed E-state index contributed by atoms with van der Waals surface area (Å²) in [5.74, 6) is -0.408. The summed E-state index contributed by atoms with van der Waals surface area (Å²) in [5.41, 5.74) is 4.85. The van der Waals surface area contributed by atoms with Gasteiger partial charge in [0.15, 0.2) is 0 Å². The van der Waals surface area contributed by atoms with Gasteiger partial charge in [-0.25, -0.2) is 4.39 Å². The van der Waals surface area contributed by atoms with Gasteiger partial charge in [0.1, 0.15) is 5.82 Å². The molecule has 4 nitrogen and oxygen atoms in total. The molecule has 0 aliphatic carbocycles. The lowest BCUT2D eigenvalue weighted by molar-refractivity contribution is 0.102. The molecule has 5 heteroatoms. The number of halogens is 1. The molecule has 1 heterocycles. The number of hydrogen-bond donors (Lipinski definition) is 1. The fourth-order valence-corrected chi connectivity index (χ4v) is 2.80. The molecule has 0 aliphatic rings. The summed E-state index contributed by atoms with van der Waals surface area (Å²) in [5, 5.41) is 7.47. The van der Waals surface area contributed by atoms with E-state index in [1.54, 1.807) is 18.2 Å². The Morgan fingerprint density at radius 3 is 2.44 bits per heavy atom. The van der Waals surface area contributed by atoms with E-state index in [4.69, 9.17) is 0 Å². The van der Waals surface area contributed by atoms with Crippen molar-refractivity contribution < 1.29 is 9.18 Å². The minimum Gasteiger partial charge on any atom is -0.319 e. The van der Waals surface area contributed by atoms with Gasteiger partial charge in [-0.2, -0.15) is 5.10 Å².